The normalized spacial score (nSPS) is 11.1. The number of aryl methyl sites for hydroxylation is 1. The molecule has 0 aliphatic rings. The summed E-state index contributed by atoms with van der Waals surface area (Å²) in [6.45, 7) is 4.24. The average Bonchev–Trinajstić information content (AvgIpc) is 3.02. The van der Waals surface area contributed by atoms with Gasteiger partial charge in [0.05, 0.1) is 6.54 Å². The Morgan fingerprint density at radius 1 is 1.42 bits per heavy atom. The number of aromatic nitrogens is 4. The lowest BCUT2D eigenvalue weighted by Gasteiger charge is -1.98. The van der Waals surface area contributed by atoms with E-state index < -0.39 is 0 Å². The summed E-state index contributed by atoms with van der Waals surface area (Å²) >= 11 is 1.67. The van der Waals surface area contributed by atoms with Gasteiger partial charge in [-0.05, 0) is 25.3 Å². The van der Waals surface area contributed by atoms with Crippen LogP contribution in [0.1, 0.15) is 16.1 Å². The summed E-state index contributed by atoms with van der Waals surface area (Å²) in [4.78, 5) is 21.8. The number of nitrogens with zero attached hydrogens (tertiary/aromatic N) is 3. The minimum absolute atomic E-state index is 0.112. The minimum atomic E-state index is -0.112. The Morgan fingerprint density at radius 3 is 3.00 bits per heavy atom. The molecule has 0 bridgehead atoms. The van der Waals surface area contributed by atoms with E-state index in [0.29, 0.717) is 29.5 Å². The first-order chi connectivity index (χ1) is 9.15. The number of aromatic amines is 1. The van der Waals surface area contributed by atoms with Crippen molar-refractivity contribution < 1.29 is 0 Å². The maximum Gasteiger partial charge on any atom is 0.277 e. The van der Waals surface area contributed by atoms with Crippen molar-refractivity contribution in [1.29, 1.82) is 0 Å². The highest BCUT2D eigenvalue weighted by Crippen LogP contribution is 2.11. The summed E-state index contributed by atoms with van der Waals surface area (Å²) in [6, 6.07) is 4.04. The van der Waals surface area contributed by atoms with Crippen LogP contribution in [0.5, 0.6) is 0 Å². The molecular formula is C12H13N5OS. The number of anilines is 1. The molecule has 0 radical (unpaired) electrons. The van der Waals surface area contributed by atoms with Gasteiger partial charge in [0.2, 0.25) is 5.95 Å². The van der Waals surface area contributed by atoms with Crippen LogP contribution in [0.2, 0.25) is 0 Å². The average molecular weight is 275 g/mol. The van der Waals surface area contributed by atoms with E-state index >= 15 is 0 Å². The molecule has 0 saturated carbocycles. The van der Waals surface area contributed by atoms with Crippen molar-refractivity contribution in [2.45, 2.75) is 20.4 Å². The Hall–Kier alpha value is -2.15. The van der Waals surface area contributed by atoms with Crippen LogP contribution < -0.4 is 10.9 Å². The highest BCUT2D eigenvalue weighted by Gasteiger charge is 2.09. The lowest BCUT2D eigenvalue weighted by atomic mass is 10.3. The zero-order chi connectivity index (χ0) is 13.4. The topological polar surface area (TPSA) is 75.1 Å². The predicted molar refractivity (Wildman–Crippen MR) is 74.7 cm³/mol. The maximum absolute atomic E-state index is 12.0. The summed E-state index contributed by atoms with van der Waals surface area (Å²) in [5.41, 5.74) is 1.23. The van der Waals surface area contributed by atoms with Gasteiger partial charge in [-0.3, -0.25) is 9.89 Å². The second kappa shape index (κ2) is 4.51. The van der Waals surface area contributed by atoms with Gasteiger partial charge in [-0.15, -0.1) is 11.3 Å². The lowest BCUT2D eigenvalue weighted by molar-refractivity contribution is 0.871. The van der Waals surface area contributed by atoms with Crippen molar-refractivity contribution in [3.8, 4) is 0 Å². The monoisotopic (exact) mass is 275 g/mol. The smallest absolute Gasteiger partial charge is 0.277 e. The molecule has 3 rings (SSSR count). The summed E-state index contributed by atoms with van der Waals surface area (Å²) < 4.78 is 1.36. The SMILES string of the molecule is Cc1nc2nc(NCc3cccs3)[nH]n2c(=O)c1C. The summed E-state index contributed by atoms with van der Waals surface area (Å²) in [6.07, 6.45) is 0. The summed E-state index contributed by atoms with van der Waals surface area (Å²) in [7, 11) is 0. The van der Waals surface area contributed by atoms with Crippen molar-refractivity contribution >= 4 is 23.1 Å². The molecule has 3 aromatic rings. The Balaban J connectivity index is 1.94. The predicted octanol–water partition coefficient (Wildman–Crippen LogP) is 1.71. The third kappa shape index (κ3) is 2.12. The van der Waals surface area contributed by atoms with E-state index in [4.69, 9.17) is 0 Å². The molecule has 3 aromatic heterocycles. The van der Waals surface area contributed by atoms with Gasteiger partial charge in [-0.25, -0.2) is 4.98 Å². The molecule has 2 N–H and O–H groups in total. The van der Waals surface area contributed by atoms with Crippen LogP contribution in [-0.4, -0.2) is 19.6 Å². The van der Waals surface area contributed by atoms with E-state index in [0.717, 1.165) is 0 Å². The standard InChI is InChI=1S/C12H13N5OS/c1-7-8(2)14-12-15-11(16-17(12)10(7)18)13-6-9-4-3-5-19-9/h3-5H,6H2,1-2H3,(H2,13,14,15,16). The molecule has 19 heavy (non-hydrogen) atoms. The van der Waals surface area contributed by atoms with E-state index in [9.17, 15) is 4.79 Å². The Morgan fingerprint density at radius 2 is 2.26 bits per heavy atom. The molecule has 0 atom stereocenters. The molecule has 0 saturated heterocycles. The molecular weight excluding hydrogens is 262 g/mol. The fourth-order valence-corrected chi connectivity index (χ4v) is 2.41. The number of hydrogen-bond acceptors (Lipinski definition) is 5. The van der Waals surface area contributed by atoms with Crippen LogP contribution in [-0.2, 0) is 6.54 Å². The first-order valence-corrected chi connectivity index (χ1v) is 6.75. The van der Waals surface area contributed by atoms with Crippen molar-refractivity contribution in [2.24, 2.45) is 0 Å². The molecule has 0 aliphatic carbocycles. The minimum Gasteiger partial charge on any atom is -0.350 e. The molecule has 3 heterocycles. The molecule has 0 aromatic carbocycles. The Labute approximate surface area is 113 Å². The summed E-state index contributed by atoms with van der Waals surface area (Å²) in [5.74, 6) is 0.935. The van der Waals surface area contributed by atoms with Gasteiger partial charge in [-0.2, -0.15) is 9.50 Å². The number of H-pyrrole nitrogens is 1. The third-order valence-electron chi connectivity index (χ3n) is 2.97. The Bertz CT molecular complexity index is 771. The molecule has 98 valence electrons. The quantitative estimate of drug-likeness (QED) is 0.763. The molecule has 0 amide bonds. The Kier molecular flexibility index (Phi) is 2.83. The molecule has 0 spiro atoms. The second-order valence-corrected chi connectivity index (χ2v) is 5.30. The van der Waals surface area contributed by atoms with Crippen molar-refractivity contribution in [2.75, 3.05) is 5.32 Å². The van der Waals surface area contributed by atoms with E-state index in [1.54, 1.807) is 18.3 Å². The lowest BCUT2D eigenvalue weighted by Crippen LogP contribution is -2.19. The van der Waals surface area contributed by atoms with Crippen LogP contribution in [0.15, 0.2) is 22.3 Å². The van der Waals surface area contributed by atoms with Crippen LogP contribution in [0.3, 0.4) is 0 Å². The number of rotatable bonds is 3. The number of fused-ring (bicyclic) bond motifs is 1. The first-order valence-electron chi connectivity index (χ1n) is 5.87. The highest BCUT2D eigenvalue weighted by atomic mass is 32.1. The van der Waals surface area contributed by atoms with E-state index in [1.165, 1.54) is 9.39 Å². The molecule has 0 unspecified atom stereocenters. The van der Waals surface area contributed by atoms with Crippen LogP contribution >= 0.6 is 11.3 Å². The molecule has 6 nitrogen and oxygen atoms in total. The number of thiophene rings is 1. The van der Waals surface area contributed by atoms with Crippen molar-refractivity contribution in [1.82, 2.24) is 19.6 Å². The first kappa shape index (κ1) is 11.9. The zero-order valence-corrected chi connectivity index (χ0v) is 11.4. The van der Waals surface area contributed by atoms with Gasteiger partial charge in [0, 0.05) is 16.1 Å². The van der Waals surface area contributed by atoms with Crippen molar-refractivity contribution in [3.05, 3.63) is 44.0 Å². The van der Waals surface area contributed by atoms with E-state index in [2.05, 4.69) is 20.4 Å². The van der Waals surface area contributed by atoms with E-state index in [1.807, 2.05) is 24.4 Å². The molecule has 0 fully saturated rings. The highest BCUT2D eigenvalue weighted by molar-refractivity contribution is 7.09. The van der Waals surface area contributed by atoms with Gasteiger partial charge in [0.15, 0.2) is 0 Å². The maximum atomic E-state index is 12.0. The van der Waals surface area contributed by atoms with Crippen LogP contribution in [0.4, 0.5) is 5.95 Å². The summed E-state index contributed by atoms with van der Waals surface area (Å²) in [5, 5.41) is 8.09. The number of hydrogen-bond donors (Lipinski definition) is 2. The van der Waals surface area contributed by atoms with Gasteiger partial charge in [-0.1, -0.05) is 6.07 Å². The number of nitrogens with one attached hydrogen (secondary N) is 2. The third-order valence-corrected chi connectivity index (χ3v) is 3.85. The van der Waals surface area contributed by atoms with E-state index in [-0.39, 0.29) is 5.56 Å². The van der Waals surface area contributed by atoms with Crippen LogP contribution in [0, 0.1) is 13.8 Å². The molecule has 0 aliphatic heterocycles. The van der Waals surface area contributed by atoms with Crippen molar-refractivity contribution in [3.63, 3.8) is 0 Å². The largest absolute Gasteiger partial charge is 0.350 e. The van der Waals surface area contributed by atoms with Gasteiger partial charge >= 0.3 is 0 Å². The second-order valence-electron chi connectivity index (χ2n) is 4.27. The van der Waals surface area contributed by atoms with Gasteiger partial charge < -0.3 is 5.32 Å². The fourth-order valence-electron chi connectivity index (χ4n) is 1.77. The zero-order valence-electron chi connectivity index (χ0n) is 10.6. The van der Waals surface area contributed by atoms with Gasteiger partial charge in [0.1, 0.15) is 0 Å². The molecule has 7 heteroatoms. The fraction of sp³-hybridized carbons (Fsp3) is 0.250. The van der Waals surface area contributed by atoms with Crippen LogP contribution in [0.25, 0.3) is 5.78 Å². The van der Waals surface area contributed by atoms with Gasteiger partial charge in [0.25, 0.3) is 11.3 Å².